The van der Waals surface area contributed by atoms with Gasteiger partial charge in [0.25, 0.3) is 0 Å². The van der Waals surface area contributed by atoms with Crippen LogP contribution in [0, 0.1) is 16.7 Å². The van der Waals surface area contributed by atoms with Gasteiger partial charge in [0.1, 0.15) is 0 Å². The third-order valence-corrected chi connectivity index (χ3v) is 5.44. The summed E-state index contributed by atoms with van der Waals surface area (Å²) in [6.45, 7) is 6.34. The lowest BCUT2D eigenvalue weighted by Gasteiger charge is -2.63. The highest BCUT2D eigenvalue weighted by Gasteiger charge is 2.59. The fourth-order valence-corrected chi connectivity index (χ4v) is 7.12. The molecule has 2 atom stereocenters. The molecule has 4 aliphatic carbocycles. The molecule has 2 unspecified atom stereocenters. The summed E-state index contributed by atoms with van der Waals surface area (Å²) < 4.78 is 0.538. The minimum atomic E-state index is -0.333. The Bertz CT molecular complexity index is 286. The predicted molar refractivity (Wildman–Crippen MR) is 73.9 cm³/mol. The molecule has 4 rings (SSSR count). The monoisotopic (exact) mass is 301 g/mol. The molecular formula is C14H24BrNO. The number of hydrogen-bond donors (Lipinski definition) is 1. The molecule has 0 aromatic rings. The van der Waals surface area contributed by atoms with Crippen LogP contribution in [0.1, 0.15) is 59.3 Å². The van der Waals surface area contributed by atoms with E-state index in [0.29, 0.717) is 15.2 Å². The van der Waals surface area contributed by atoms with Crippen LogP contribution in [-0.4, -0.2) is 10.2 Å². The van der Waals surface area contributed by atoms with Gasteiger partial charge in [-0.3, -0.25) is 4.79 Å². The van der Waals surface area contributed by atoms with Crippen molar-refractivity contribution in [3.05, 3.63) is 0 Å². The Morgan fingerprint density at radius 1 is 1.12 bits per heavy atom. The highest BCUT2D eigenvalue weighted by Crippen LogP contribution is 2.68. The van der Waals surface area contributed by atoms with E-state index in [0.717, 1.165) is 5.92 Å². The summed E-state index contributed by atoms with van der Waals surface area (Å²) >= 11 is 4.03. The molecule has 0 aliphatic heterocycles. The summed E-state index contributed by atoms with van der Waals surface area (Å²) in [6.07, 6.45) is 8.84. The van der Waals surface area contributed by atoms with E-state index < -0.39 is 0 Å². The van der Waals surface area contributed by atoms with Crippen molar-refractivity contribution < 1.29 is 4.79 Å². The molecule has 2 nitrogen and oxygen atoms in total. The Kier molecular flexibility index (Phi) is 3.13. The number of rotatable bonds is 0. The highest BCUT2D eigenvalue weighted by molar-refractivity contribution is 9.10. The normalized spacial score (nSPS) is 50.7. The van der Waals surface area contributed by atoms with Crippen LogP contribution in [-0.2, 0) is 4.79 Å². The molecule has 4 fully saturated rings. The minimum Gasteiger partial charge on any atom is -0.370 e. The van der Waals surface area contributed by atoms with E-state index in [1.807, 2.05) is 0 Å². The number of carbonyl (C=O) groups is 1. The molecule has 1 amide bonds. The van der Waals surface area contributed by atoms with Crippen molar-refractivity contribution in [1.29, 1.82) is 0 Å². The van der Waals surface area contributed by atoms with E-state index in [-0.39, 0.29) is 5.91 Å². The molecule has 3 heteroatoms. The largest absolute Gasteiger partial charge is 0.370 e. The minimum absolute atomic E-state index is 0.333. The molecule has 0 aromatic carbocycles. The second kappa shape index (κ2) is 3.97. The molecule has 0 radical (unpaired) electrons. The average Bonchev–Trinajstić information content (AvgIpc) is 1.90. The van der Waals surface area contributed by atoms with E-state index in [9.17, 15) is 4.79 Å². The lowest BCUT2D eigenvalue weighted by molar-refractivity contribution is -0.115. The van der Waals surface area contributed by atoms with Crippen molar-refractivity contribution in [2.45, 2.75) is 63.6 Å². The van der Waals surface area contributed by atoms with Gasteiger partial charge < -0.3 is 5.73 Å². The van der Waals surface area contributed by atoms with Gasteiger partial charge in [0.15, 0.2) is 0 Å². The first-order chi connectivity index (χ1) is 7.64. The topological polar surface area (TPSA) is 43.1 Å². The van der Waals surface area contributed by atoms with Crippen LogP contribution in [0.5, 0.6) is 0 Å². The van der Waals surface area contributed by atoms with Crippen LogP contribution in [0.2, 0.25) is 0 Å². The van der Waals surface area contributed by atoms with E-state index in [4.69, 9.17) is 0 Å². The maximum absolute atomic E-state index is 9.22. The first-order valence-corrected chi connectivity index (χ1v) is 7.38. The molecule has 0 aromatic heterocycles. The van der Waals surface area contributed by atoms with Crippen molar-refractivity contribution in [3.63, 3.8) is 0 Å². The van der Waals surface area contributed by atoms with Gasteiger partial charge in [0.2, 0.25) is 5.91 Å². The third kappa shape index (κ3) is 2.86. The molecule has 98 valence electrons. The third-order valence-electron chi connectivity index (χ3n) is 4.56. The molecule has 17 heavy (non-hydrogen) atoms. The predicted octanol–water partition coefficient (Wildman–Crippen LogP) is 3.62. The zero-order valence-corrected chi connectivity index (χ0v) is 12.8. The van der Waals surface area contributed by atoms with Crippen LogP contribution in [0.25, 0.3) is 0 Å². The summed E-state index contributed by atoms with van der Waals surface area (Å²) in [4.78, 5) is 9.22. The van der Waals surface area contributed by atoms with Gasteiger partial charge in [-0.1, -0.05) is 29.8 Å². The quantitative estimate of drug-likeness (QED) is 0.682. The maximum Gasteiger partial charge on any atom is 0.214 e. The highest BCUT2D eigenvalue weighted by atomic mass is 79.9. The van der Waals surface area contributed by atoms with Crippen LogP contribution in [0.4, 0.5) is 0 Å². The van der Waals surface area contributed by atoms with Gasteiger partial charge >= 0.3 is 0 Å². The van der Waals surface area contributed by atoms with E-state index >= 15 is 0 Å². The standard InChI is InChI=1S/C12H19Br.C2H5NO/c1-10-3-9-4-11(2,6-10)8-12(13,5-9)7-10;1-2(3)4/h9H,3-8H2,1-2H3;1H3,(H2,3,4). The Morgan fingerprint density at radius 3 is 1.82 bits per heavy atom. The Hall–Kier alpha value is -0.0500. The van der Waals surface area contributed by atoms with Gasteiger partial charge in [-0.2, -0.15) is 0 Å². The fourth-order valence-electron chi connectivity index (χ4n) is 5.31. The van der Waals surface area contributed by atoms with Crippen LogP contribution >= 0.6 is 15.9 Å². The Labute approximate surface area is 113 Å². The van der Waals surface area contributed by atoms with Crippen LogP contribution in [0.3, 0.4) is 0 Å². The average molecular weight is 302 g/mol. The lowest BCUT2D eigenvalue weighted by Crippen LogP contribution is -2.55. The zero-order valence-electron chi connectivity index (χ0n) is 11.2. The SMILES string of the molecule is CC(N)=O.CC12CC3CC(C)(C1)CC(Br)(C3)C2. The summed E-state index contributed by atoms with van der Waals surface area (Å²) in [5.74, 6) is 0.700. The number of nitrogens with two attached hydrogens (primary N) is 1. The summed E-state index contributed by atoms with van der Waals surface area (Å²) in [6, 6.07) is 0. The second-order valence-electron chi connectivity index (χ2n) is 7.39. The fraction of sp³-hybridized carbons (Fsp3) is 0.929. The molecule has 4 saturated carbocycles. The van der Waals surface area contributed by atoms with Crippen LogP contribution in [0.15, 0.2) is 0 Å². The number of halogens is 1. The number of amides is 1. The molecule has 4 aliphatic rings. The second-order valence-corrected chi connectivity index (χ2v) is 9.07. The number of alkyl halides is 1. The first-order valence-electron chi connectivity index (χ1n) is 6.59. The summed E-state index contributed by atoms with van der Waals surface area (Å²) in [5, 5.41) is 0. The molecular weight excluding hydrogens is 278 g/mol. The van der Waals surface area contributed by atoms with Crippen molar-refractivity contribution in [2.75, 3.05) is 0 Å². The van der Waals surface area contributed by atoms with E-state index in [1.165, 1.54) is 45.4 Å². The van der Waals surface area contributed by atoms with Crippen LogP contribution < -0.4 is 5.73 Å². The molecule has 2 N–H and O–H groups in total. The number of primary amides is 1. The van der Waals surface area contributed by atoms with Gasteiger partial charge in [-0.05, 0) is 55.3 Å². The number of carbonyl (C=O) groups excluding carboxylic acids is 1. The summed E-state index contributed by atoms with van der Waals surface area (Å²) in [7, 11) is 0. The van der Waals surface area contributed by atoms with Gasteiger partial charge in [-0.15, -0.1) is 0 Å². The van der Waals surface area contributed by atoms with Gasteiger partial charge in [0, 0.05) is 11.2 Å². The maximum atomic E-state index is 9.22. The van der Waals surface area contributed by atoms with Crippen molar-refractivity contribution in [1.82, 2.24) is 0 Å². The molecule has 0 saturated heterocycles. The molecule has 0 spiro atoms. The van der Waals surface area contributed by atoms with Crippen molar-refractivity contribution >= 4 is 21.8 Å². The van der Waals surface area contributed by atoms with Crippen molar-refractivity contribution in [3.8, 4) is 0 Å². The number of hydrogen-bond acceptors (Lipinski definition) is 1. The van der Waals surface area contributed by atoms with E-state index in [2.05, 4.69) is 35.5 Å². The molecule has 4 bridgehead atoms. The van der Waals surface area contributed by atoms with Gasteiger partial charge in [0.05, 0.1) is 0 Å². The summed E-state index contributed by atoms with van der Waals surface area (Å²) in [5.41, 5.74) is 5.83. The van der Waals surface area contributed by atoms with Gasteiger partial charge in [-0.25, -0.2) is 0 Å². The van der Waals surface area contributed by atoms with E-state index in [1.54, 1.807) is 0 Å². The van der Waals surface area contributed by atoms with Crippen molar-refractivity contribution in [2.24, 2.45) is 22.5 Å². The lowest BCUT2D eigenvalue weighted by atomic mass is 9.45. The Morgan fingerprint density at radius 2 is 1.53 bits per heavy atom. The zero-order chi connectivity index (χ0) is 12.9. The smallest absolute Gasteiger partial charge is 0.214 e. The molecule has 0 heterocycles. The Balaban J connectivity index is 0.000000239. The first kappa shape index (κ1) is 13.4.